The molecule has 0 aromatic rings. The van der Waals surface area contributed by atoms with Crippen molar-refractivity contribution in [3.05, 3.63) is 0 Å². The Kier molecular flexibility index (Phi) is 6.84. The van der Waals surface area contributed by atoms with Crippen molar-refractivity contribution in [2.75, 3.05) is 0 Å². The fourth-order valence-electron chi connectivity index (χ4n) is 1.32. The predicted molar refractivity (Wildman–Crippen MR) is 77.3 cm³/mol. The van der Waals surface area contributed by atoms with Crippen LogP contribution in [0, 0.1) is 0 Å². The molecule has 0 heterocycles. The first-order valence-electron chi connectivity index (χ1n) is 6.43. The Morgan fingerprint density at radius 3 is 1.22 bits per heavy atom. The van der Waals surface area contributed by atoms with Gasteiger partial charge in [0.15, 0.2) is 0 Å². The second-order valence-corrected chi connectivity index (χ2v) is 15.2. The van der Waals surface area contributed by atoms with E-state index in [1.807, 2.05) is 39.3 Å². The highest BCUT2D eigenvalue weighted by Crippen LogP contribution is 2.10. The predicted octanol–water partition coefficient (Wildman–Crippen LogP) is 3.30. The summed E-state index contributed by atoms with van der Waals surface area (Å²) in [5.41, 5.74) is 0. The standard InChI is InChI=1S/C12H26O4Si2/c1-17(2,3)15-11(13)9-7-8-10-12(14)16-18(4,5)6/h7-10H2,1-6H3. The minimum atomic E-state index is -1.77. The molecule has 0 aliphatic carbocycles. The Balaban J connectivity index is 3.69. The minimum absolute atomic E-state index is 0.146. The van der Waals surface area contributed by atoms with Gasteiger partial charge in [-0.25, -0.2) is 0 Å². The van der Waals surface area contributed by atoms with Crippen LogP contribution in [0.1, 0.15) is 25.7 Å². The highest BCUT2D eigenvalue weighted by atomic mass is 28.4. The van der Waals surface area contributed by atoms with Crippen LogP contribution in [0.3, 0.4) is 0 Å². The molecule has 106 valence electrons. The van der Waals surface area contributed by atoms with Crippen LogP contribution in [-0.2, 0) is 18.4 Å². The van der Waals surface area contributed by atoms with Crippen molar-refractivity contribution in [1.82, 2.24) is 0 Å². The van der Waals surface area contributed by atoms with E-state index in [4.69, 9.17) is 8.85 Å². The number of hydrogen-bond acceptors (Lipinski definition) is 4. The molecule has 0 spiro atoms. The van der Waals surface area contributed by atoms with Crippen molar-refractivity contribution in [1.29, 1.82) is 0 Å². The summed E-state index contributed by atoms with van der Waals surface area (Å²) in [6, 6.07) is 0. The fraction of sp³-hybridized carbons (Fsp3) is 0.833. The Morgan fingerprint density at radius 1 is 0.722 bits per heavy atom. The van der Waals surface area contributed by atoms with Crippen LogP contribution in [-0.4, -0.2) is 28.6 Å². The molecule has 0 saturated heterocycles. The van der Waals surface area contributed by atoms with Crippen LogP contribution in [0.25, 0.3) is 0 Å². The monoisotopic (exact) mass is 290 g/mol. The number of carbonyl (C=O) groups excluding carboxylic acids is 2. The summed E-state index contributed by atoms with van der Waals surface area (Å²) < 4.78 is 10.6. The van der Waals surface area contributed by atoms with Gasteiger partial charge in [-0.2, -0.15) is 0 Å². The first-order valence-corrected chi connectivity index (χ1v) is 13.2. The van der Waals surface area contributed by atoms with Crippen molar-refractivity contribution in [2.24, 2.45) is 0 Å². The summed E-state index contributed by atoms with van der Waals surface area (Å²) in [6.07, 6.45) is 2.16. The number of hydrogen-bond donors (Lipinski definition) is 0. The van der Waals surface area contributed by atoms with E-state index in [9.17, 15) is 9.59 Å². The van der Waals surface area contributed by atoms with E-state index in [0.29, 0.717) is 25.7 Å². The first kappa shape index (κ1) is 17.4. The minimum Gasteiger partial charge on any atom is -0.520 e. The van der Waals surface area contributed by atoms with Gasteiger partial charge < -0.3 is 8.85 Å². The molecule has 0 amide bonds. The first-order chi connectivity index (χ1) is 7.99. The van der Waals surface area contributed by atoms with E-state index in [2.05, 4.69) is 0 Å². The smallest absolute Gasteiger partial charge is 0.292 e. The van der Waals surface area contributed by atoms with E-state index in [1.165, 1.54) is 0 Å². The fourth-order valence-corrected chi connectivity index (χ4v) is 2.89. The quantitative estimate of drug-likeness (QED) is 0.533. The Labute approximate surface area is 112 Å². The van der Waals surface area contributed by atoms with Crippen LogP contribution in [0.5, 0.6) is 0 Å². The molecule has 0 aromatic carbocycles. The van der Waals surface area contributed by atoms with Crippen molar-refractivity contribution >= 4 is 28.6 Å². The molecule has 4 nitrogen and oxygen atoms in total. The molecular formula is C12H26O4Si2. The zero-order valence-corrected chi connectivity index (χ0v) is 14.5. The number of unbranched alkanes of at least 4 members (excludes halogenated alkanes) is 1. The molecule has 0 unspecified atom stereocenters. The number of carbonyl (C=O) groups is 2. The summed E-state index contributed by atoms with van der Waals surface area (Å²) in [5.74, 6) is -0.291. The topological polar surface area (TPSA) is 52.6 Å². The van der Waals surface area contributed by atoms with E-state index < -0.39 is 16.6 Å². The maximum Gasteiger partial charge on any atom is 0.292 e. The largest absolute Gasteiger partial charge is 0.520 e. The molecule has 0 saturated carbocycles. The summed E-state index contributed by atoms with van der Waals surface area (Å²) in [5, 5.41) is 0. The van der Waals surface area contributed by atoms with Crippen LogP contribution in [0.2, 0.25) is 39.3 Å². The summed E-state index contributed by atoms with van der Waals surface area (Å²) in [7, 11) is -3.54. The summed E-state index contributed by atoms with van der Waals surface area (Å²) in [6.45, 7) is 11.9. The van der Waals surface area contributed by atoms with Gasteiger partial charge in [-0.05, 0) is 52.1 Å². The molecule has 18 heavy (non-hydrogen) atoms. The summed E-state index contributed by atoms with van der Waals surface area (Å²) >= 11 is 0. The molecule has 0 rings (SSSR count). The second-order valence-electron chi connectivity index (χ2n) is 6.38. The van der Waals surface area contributed by atoms with E-state index in [0.717, 1.165) is 0 Å². The molecule has 6 heteroatoms. The maximum atomic E-state index is 11.4. The van der Waals surface area contributed by atoms with Gasteiger partial charge >= 0.3 is 0 Å². The van der Waals surface area contributed by atoms with Gasteiger partial charge in [-0.1, -0.05) is 0 Å². The third kappa shape index (κ3) is 11.8. The van der Waals surface area contributed by atoms with Crippen LogP contribution < -0.4 is 0 Å². The third-order valence-electron chi connectivity index (χ3n) is 1.85. The second kappa shape index (κ2) is 7.08. The average Bonchev–Trinajstić information content (AvgIpc) is 2.06. The van der Waals surface area contributed by atoms with Crippen LogP contribution in [0.4, 0.5) is 0 Å². The van der Waals surface area contributed by atoms with Crippen molar-refractivity contribution in [3.8, 4) is 0 Å². The van der Waals surface area contributed by atoms with E-state index in [-0.39, 0.29) is 11.9 Å². The van der Waals surface area contributed by atoms with Gasteiger partial charge in [0.2, 0.25) is 16.6 Å². The van der Waals surface area contributed by atoms with Gasteiger partial charge in [0.25, 0.3) is 11.9 Å². The van der Waals surface area contributed by atoms with E-state index in [1.54, 1.807) is 0 Å². The molecule has 0 aliphatic heterocycles. The highest BCUT2D eigenvalue weighted by Gasteiger charge is 2.21. The van der Waals surface area contributed by atoms with Crippen molar-refractivity contribution < 1.29 is 18.4 Å². The van der Waals surface area contributed by atoms with Crippen LogP contribution >= 0.6 is 0 Å². The zero-order valence-electron chi connectivity index (χ0n) is 12.5. The number of rotatable bonds is 7. The molecule has 0 bridgehead atoms. The van der Waals surface area contributed by atoms with Gasteiger partial charge in [0, 0.05) is 12.8 Å². The average molecular weight is 291 g/mol. The van der Waals surface area contributed by atoms with Crippen molar-refractivity contribution in [3.63, 3.8) is 0 Å². The molecule has 0 N–H and O–H groups in total. The third-order valence-corrected chi connectivity index (χ3v) is 3.53. The molecule has 0 fully saturated rings. The van der Waals surface area contributed by atoms with Gasteiger partial charge in [0.05, 0.1) is 0 Å². The lowest BCUT2D eigenvalue weighted by atomic mass is 10.2. The van der Waals surface area contributed by atoms with Crippen LogP contribution in [0.15, 0.2) is 0 Å². The zero-order chi connectivity index (χ0) is 14.4. The molecule has 0 aliphatic rings. The van der Waals surface area contributed by atoms with Gasteiger partial charge in [0.1, 0.15) is 0 Å². The van der Waals surface area contributed by atoms with Gasteiger partial charge in [-0.3, -0.25) is 9.59 Å². The van der Waals surface area contributed by atoms with Gasteiger partial charge in [-0.15, -0.1) is 0 Å². The highest BCUT2D eigenvalue weighted by molar-refractivity contribution is 6.71. The summed E-state index contributed by atoms with van der Waals surface area (Å²) in [4.78, 5) is 22.9. The molecule has 0 radical (unpaired) electrons. The molecule has 0 aromatic heterocycles. The van der Waals surface area contributed by atoms with Crippen molar-refractivity contribution in [2.45, 2.75) is 65.0 Å². The SMILES string of the molecule is C[Si](C)(C)OC(=O)CCCCC(=O)O[Si](C)(C)C. The lowest BCUT2D eigenvalue weighted by molar-refractivity contribution is -0.137. The lowest BCUT2D eigenvalue weighted by Gasteiger charge is -2.18. The van der Waals surface area contributed by atoms with E-state index >= 15 is 0 Å². The Bertz CT molecular complexity index is 259. The maximum absolute atomic E-state index is 11.4. The normalized spacial score (nSPS) is 12.1. The Hall–Kier alpha value is -0.626. The molecular weight excluding hydrogens is 264 g/mol. The lowest BCUT2D eigenvalue weighted by Crippen LogP contribution is -2.29. The molecule has 0 atom stereocenters. The Morgan fingerprint density at radius 2 is 1.00 bits per heavy atom.